The molecule has 28 heavy (non-hydrogen) atoms. The normalized spacial score (nSPS) is 16.9. The fraction of sp³-hybridized carbons (Fsp3) is 0.400. The van der Waals surface area contributed by atoms with Crippen LogP contribution < -0.4 is 9.80 Å². The van der Waals surface area contributed by atoms with Gasteiger partial charge >= 0.3 is 5.97 Å². The van der Waals surface area contributed by atoms with Crippen LogP contribution in [0.1, 0.15) is 52.7 Å². The number of carbonyl (C=O) groups is 3. The lowest BCUT2D eigenvalue weighted by Gasteiger charge is -2.29. The first-order chi connectivity index (χ1) is 13.6. The third-order valence-corrected chi connectivity index (χ3v) is 5.18. The van der Waals surface area contributed by atoms with Crippen LogP contribution in [-0.2, 0) is 16.0 Å². The molecule has 8 heteroatoms. The minimum Gasteiger partial charge on any atom is -0.461 e. The maximum Gasteiger partial charge on any atom is 0.356 e. The second-order valence-electron chi connectivity index (χ2n) is 6.87. The number of piperidine rings is 1. The van der Waals surface area contributed by atoms with E-state index in [4.69, 9.17) is 4.74 Å². The number of anilines is 2. The van der Waals surface area contributed by atoms with Crippen LogP contribution in [0.5, 0.6) is 0 Å². The molecule has 8 nitrogen and oxygen atoms in total. The van der Waals surface area contributed by atoms with Crippen LogP contribution in [0.15, 0.2) is 24.3 Å². The number of hydrogen-bond donors (Lipinski definition) is 1. The Kier molecular flexibility index (Phi) is 4.85. The first-order valence-corrected chi connectivity index (χ1v) is 9.56. The molecule has 2 aromatic rings. The molecule has 1 aromatic carbocycles. The van der Waals surface area contributed by atoms with Gasteiger partial charge in [0.15, 0.2) is 5.69 Å². The van der Waals surface area contributed by atoms with Crippen LogP contribution in [0.2, 0.25) is 0 Å². The zero-order chi connectivity index (χ0) is 19.7. The van der Waals surface area contributed by atoms with Gasteiger partial charge in [-0.05, 0) is 50.5 Å². The lowest BCUT2D eigenvalue weighted by atomic mass is 10.0. The van der Waals surface area contributed by atoms with Crippen molar-refractivity contribution in [3.8, 4) is 0 Å². The van der Waals surface area contributed by atoms with Gasteiger partial charge in [0, 0.05) is 36.4 Å². The molecule has 4 rings (SSSR count). The quantitative estimate of drug-likeness (QED) is 0.819. The number of esters is 1. The second kappa shape index (κ2) is 7.46. The van der Waals surface area contributed by atoms with Crippen molar-refractivity contribution >= 4 is 29.2 Å². The van der Waals surface area contributed by atoms with Gasteiger partial charge in [0.05, 0.1) is 6.61 Å². The molecule has 2 aliphatic rings. The van der Waals surface area contributed by atoms with Crippen LogP contribution in [0.4, 0.5) is 11.4 Å². The third-order valence-electron chi connectivity index (χ3n) is 5.18. The van der Waals surface area contributed by atoms with E-state index < -0.39 is 5.97 Å². The van der Waals surface area contributed by atoms with Gasteiger partial charge in [-0.25, -0.2) is 4.79 Å². The predicted octanol–water partition coefficient (Wildman–Crippen LogP) is 2.31. The lowest BCUT2D eigenvalue weighted by molar-refractivity contribution is -0.119. The van der Waals surface area contributed by atoms with Crippen molar-refractivity contribution < 1.29 is 19.1 Å². The number of aromatic amines is 1. The van der Waals surface area contributed by atoms with E-state index in [-0.39, 0.29) is 29.8 Å². The van der Waals surface area contributed by atoms with Crippen molar-refractivity contribution in [3.63, 3.8) is 0 Å². The van der Waals surface area contributed by atoms with Gasteiger partial charge in [0.2, 0.25) is 5.91 Å². The van der Waals surface area contributed by atoms with E-state index in [9.17, 15) is 14.4 Å². The number of hydrogen-bond acceptors (Lipinski definition) is 5. The maximum atomic E-state index is 12.9. The summed E-state index contributed by atoms with van der Waals surface area (Å²) < 4.78 is 5.01. The highest BCUT2D eigenvalue weighted by Crippen LogP contribution is 2.28. The standard InChI is InChI=1S/C20H22N4O4/c1-2-28-20(27)18-15-10-12-24(19(26)17(15)21-22-18)14-8-6-13(7-9-14)23-11-4-3-5-16(23)25/h6-9H,2-5,10-12H2,1H3,(H,21,22). The van der Waals surface area contributed by atoms with Crippen LogP contribution >= 0.6 is 0 Å². The summed E-state index contributed by atoms with van der Waals surface area (Å²) in [6.07, 6.45) is 3.04. The van der Waals surface area contributed by atoms with Crippen molar-refractivity contribution in [1.82, 2.24) is 10.2 Å². The Bertz CT molecular complexity index is 919. The summed E-state index contributed by atoms with van der Waals surface area (Å²) in [7, 11) is 0. The maximum absolute atomic E-state index is 12.9. The number of carbonyl (C=O) groups excluding carboxylic acids is 3. The highest BCUT2D eigenvalue weighted by molar-refractivity contribution is 6.08. The summed E-state index contributed by atoms with van der Waals surface area (Å²) in [5, 5.41) is 6.69. The summed E-state index contributed by atoms with van der Waals surface area (Å²) in [6, 6.07) is 7.43. The fourth-order valence-electron chi connectivity index (χ4n) is 3.75. The number of benzene rings is 1. The Morgan fingerprint density at radius 3 is 2.46 bits per heavy atom. The number of amides is 2. The summed E-state index contributed by atoms with van der Waals surface area (Å²) in [6.45, 7) is 3.17. The average Bonchev–Trinajstić information content (AvgIpc) is 3.14. The van der Waals surface area contributed by atoms with E-state index in [1.807, 2.05) is 24.3 Å². The number of nitrogens with one attached hydrogen (secondary N) is 1. The van der Waals surface area contributed by atoms with Crippen molar-refractivity contribution in [2.75, 3.05) is 29.5 Å². The van der Waals surface area contributed by atoms with Gasteiger partial charge < -0.3 is 14.5 Å². The Balaban J connectivity index is 1.54. The molecule has 0 radical (unpaired) electrons. The van der Waals surface area contributed by atoms with Gasteiger partial charge in [-0.3, -0.25) is 14.7 Å². The van der Waals surface area contributed by atoms with Crippen molar-refractivity contribution in [2.24, 2.45) is 0 Å². The van der Waals surface area contributed by atoms with Gasteiger partial charge in [-0.1, -0.05) is 0 Å². The molecule has 1 aromatic heterocycles. The van der Waals surface area contributed by atoms with Crippen LogP contribution in [0, 0.1) is 0 Å². The number of fused-ring (bicyclic) bond motifs is 1. The number of aromatic nitrogens is 2. The molecule has 1 N–H and O–H groups in total. The van der Waals surface area contributed by atoms with Crippen LogP contribution in [0.25, 0.3) is 0 Å². The molecule has 0 bridgehead atoms. The Morgan fingerprint density at radius 2 is 1.79 bits per heavy atom. The minimum absolute atomic E-state index is 0.140. The molecule has 0 saturated carbocycles. The molecule has 0 unspecified atom stereocenters. The summed E-state index contributed by atoms with van der Waals surface area (Å²) in [5.74, 6) is -0.608. The Labute approximate surface area is 162 Å². The number of nitrogens with zero attached hydrogens (tertiary/aromatic N) is 3. The van der Waals surface area contributed by atoms with Gasteiger partial charge in [0.1, 0.15) is 5.69 Å². The number of rotatable bonds is 4. The second-order valence-corrected chi connectivity index (χ2v) is 6.87. The van der Waals surface area contributed by atoms with E-state index in [1.54, 1.807) is 16.7 Å². The lowest BCUT2D eigenvalue weighted by Crippen LogP contribution is -2.38. The highest BCUT2D eigenvalue weighted by Gasteiger charge is 2.32. The highest BCUT2D eigenvalue weighted by atomic mass is 16.5. The first kappa shape index (κ1) is 18.2. The molecule has 3 heterocycles. The molecule has 2 amide bonds. The van der Waals surface area contributed by atoms with Gasteiger partial charge in [0.25, 0.3) is 5.91 Å². The zero-order valence-corrected chi connectivity index (χ0v) is 15.7. The minimum atomic E-state index is -0.493. The molecule has 0 spiro atoms. The molecular formula is C20H22N4O4. The number of ether oxygens (including phenoxy) is 1. The van der Waals surface area contributed by atoms with Crippen molar-refractivity contribution in [3.05, 3.63) is 41.2 Å². The molecular weight excluding hydrogens is 360 g/mol. The molecule has 1 saturated heterocycles. The smallest absolute Gasteiger partial charge is 0.356 e. The third kappa shape index (κ3) is 3.15. The summed E-state index contributed by atoms with van der Waals surface area (Å²) in [4.78, 5) is 40.4. The largest absolute Gasteiger partial charge is 0.461 e. The fourth-order valence-corrected chi connectivity index (χ4v) is 3.75. The number of H-pyrrole nitrogens is 1. The summed E-state index contributed by atoms with van der Waals surface area (Å²) in [5.41, 5.74) is 2.70. The van der Waals surface area contributed by atoms with Gasteiger partial charge in [-0.2, -0.15) is 5.10 Å². The SMILES string of the molecule is CCOC(=O)c1[nH]nc2c1CCN(c1ccc(N3CCCCC3=O)cc1)C2=O. The topological polar surface area (TPSA) is 95.6 Å². The summed E-state index contributed by atoms with van der Waals surface area (Å²) >= 11 is 0. The molecule has 1 fully saturated rings. The zero-order valence-electron chi connectivity index (χ0n) is 15.7. The van der Waals surface area contributed by atoms with E-state index in [0.29, 0.717) is 24.9 Å². The molecule has 146 valence electrons. The van der Waals surface area contributed by atoms with E-state index in [0.717, 1.165) is 30.8 Å². The average molecular weight is 382 g/mol. The van der Waals surface area contributed by atoms with E-state index in [2.05, 4.69) is 10.2 Å². The van der Waals surface area contributed by atoms with Gasteiger partial charge in [-0.15, -0.1) is 0 Å². The van der Waals surface area contributed by atoms with E-state index in [1.165, 1.54) is 0 Å². The van der Waals surface area contributed by atoms with Crippen LogP contribution in [0.3, 0.4) is 0 Å². The molecule has 0 aliphatic carbocycles. The van der Waals surface area contributed by atoms with Crippen molar-refractivity contribution in [1.29, 1.82) is 0 Å². The van der Waals surface area contributed by atoms with Crippen LogP contribution in [-0.4, -0.2) is 47.7 Å². The Morgan fingerprint density at radius 1 is 1.07 bits per heavy atom. The van der Waals surface area contributed by atoms with Crippen molar-refractivity contribution in [2.45, 2.75) is 32.6 Å². The van der Waals surface area contributed by atoms with E-state index >= 15 is 0 Å². The molecule has 0 atom stereocenters. The Hall–Kier alpha value is -3.16. The predicted molar refractivity (Wildman–Crippen MR) is 103 cm³/mol. The monoisotopic (exact) mass is 382 g/mol. The molecule has 2 aliphatic heterocycles. The first-order valence-electron chi connectivity index (χ1n) is 9.56.